The SMILES string of the molecule is C=C/C=C\C=C\C1(C2CCCCC2)/C(=C/C=C)C(=C)C2CCCCC21. The number of hydrogen-bond acceptors (Lipinski definition) is 0. The van der Waals surface area contributed by atoms with E-state index in [0.29, 0.717) is 5.92 Å². The molecule has 3 fully saturated rings. The lowest BCUT2D eigenvalue weighted by atomic mass is 9.58. The maximum Gasteiger partial charge on any atom is 0.0200 e. The van der Waals surface area contributed by atoms with Crippen molar-refractivity contribution in [2.75, 3.05) is 0 Å². The highest BCUT2D eigenvalue weighted by atomic mass is 14.6. The highest BCUT2D eigenvalue weighted by Gasteiger charge is 2.55. The molecule has 0 heteroatoms. The van der Waals surface area contributed by atoms with Gasteiger partial charge in [0.15, 0.2) is 0 Å². The molecule has 0 radical (unpaired) electrons. The molecule has 0 heterocycles. The number of hydrogen-bond donors (Lipinski definition) is 0. The minimum atomic E-state index is 0.169. The van der Waals surface area contributed by atoms with Crippen LogP contribution < -0.4 is 0 Å². The van der Waals surface area contributed by atoms with Crippen molar-refractivity contribution >= 4 is 0 Å². The van der Waals surface area contributed by atoms with E-state index in [0.717, 1.165) is 11.8 Å². The lowest BCUT2D eigenvalue weighted by Gasteiger charge is -2.45. The first kappa shape index (κ1) is 18.2. The Bertz CT molecular complexity index is 594. The fraction of sp³-hybridized carbons (Fsp3) is 0.520. The van der Waals surface area contributed by atoms with Crippen LogP contribution in [0.1, 0.15) is 57.8 Å². The Balaban J connectivity index is 2.10. The Morgan fingerprint density at radius 3 is 2.24 bits per heavy atom. The highest BCUT2D eigenvalue weighted by molar-refractivity contribution is 5.50. The molecular formula is C25H34. The van der Waals surface area contributed by atoms with Crippen LogP contribution in [-0.4, -0.2) is 0 Å². The molecule has 0 bridgehead atoms. The summed E-state index contributed by atoms with van der Waals surface area (Å²) >= 11 is 0. The molecule has 0 aromatic rings. The van der Waals surface area contributed by atoms with Gasteiger partial charge in [0.2, 0.25) is 0 Å². The summed E-state index contributed by atoms with van der Waals surface area (Å²) in [4.78, 5) is 0. The monoisotopic (exact) mass is 334 g/mol. The zero-order valence-electron chi connectivity index (χ0n) is 15.8. The van der Waals surface area contributed by atoms with Gasteiger partial charge in [-0.1, -0.05) is 94.4 Å². The number of allylic oxidation sites excluding steroid dienone is 9. The molecule has 0 amide bonds. The molecule has 134 valence electrons. The van der Waals surface area contributed by atoms with Crippen molar-refractivity contribution < 1.29 is 0 Å². The summed E-state index contributed by atoms with van der Waals surface area (Å²) in [5.41, 5.74) is 3.07. The third kappa shape index (κ3) is 3.28. The van der Waals surface area contributed by atoms with Crippen LogP contribution in [0, 0.1) is 23.2 Å². The maximum absolute atomic E-state index is 4.59. The van der Waals surface area contributed by atoms with Crippen LogP contribution in [0.5, 0.6) is 0 Å². The Kier molecular flexibility index (Phi) is 5.99. The lowest BCUT2D eigenvalue weighted by Crippen LogP contribution is -2.38. The van der Waals surface area contributed by atoms with Gasteiger partial charge in [0.1, 0.15) is 0 Å². The van der Waals surface area contributed by atoms with Crippen molar-refractivity contribution in [3.05, 3.63) is 73.4 Å². The smallest absolute Gasteiger partial charge is 0.0200 e. The summed E-state index contributed by atoms with van der Waals surface area (Å²) in [5.74, 6) is 2.16. The molecule has 0 N–H and O–H groups in total. The summed E-state index contributed by atoms with van der Waals surface area (Å²) in [5, 5.41) is 0. The normalized spacial score (nSPS) is 35.5. The second-order valence-electron chi connectivity index (χ2n) is 8.09. The van der Waals surface area contributed by atoms with Crippen LogP contribution in [0.15, 0.2) is 73.4 Å². The predicted molar refractivity (Wildman–Crippen MR) is 110 cm³/mol. The van der Waals surface area contributed by atoms with Gasteiger partial charge >= 0.3 is 0 Å². The molecule has 0 aliphatic heterocycles. The second kappa shape index (κ2) is 8.21. The van der Waals surface area contributed by atoms with Gasteiger partial charge < -0.3 is 0 Å². The van der Waals surface area contributed by atoms with Crippen LogP contribution in [0.25, 0.3) is 0 Å². The van der Waals surface area contributed by atoms with Crippen molar-refractivity contribution in [2.45, 2.75) is 57.8 Å². The molecule has 0 aromatic heterocycles. The molecule has 3 rings (SSSR count). The van der Waals surface area contributed by atoms with Gasteiger partial charge in [-0.15, -0.1) is 0 Å². The molecular weight excluding hydrogens is 300 g/mol. The molecule has 0 saturated heterocycles. The Labute approximate surface area is 154 Å². The van der Waals surface area contributed by atoms with Crippen molar-refractivity contribution in [3.63, 3.8) is 0 Å². The quantitative estimate of drug-likeness (QED) is 0.461. The summed E-state index contributed by atoms with van der Waals surface area (Å²) in [6.07, 6.45) is 27.4. The first-order valence-electron chi connectivity index (χ1n) is 10.2. The van der Waals surface area contributed by atoms with E-state index in [9.17, 15) is 0 Å². The lowest BCUT2D eigenvalue weighted by molar-refractivity contribution is 0.106. The van der Waals surface area contributed by atoms with Gasteiger partial charge in [-0.05, 0) is 54.6 Å². The topological polar surface area (TPSA) is 0 Å². The molecule has 3 saturated carbocycles. The fourth-order valence-corrected chi connectivity index (χ4v) is 5.98. The summed E-state index contributed by atoms with van der Waals surface area (Å²) < 4.78 is 0. The van der Waals surface area contributed by atoms with Crippen LogP contribution in [0.4, 0.5) is 0 Å². The van der Waals surface area contributed by atoms with Gasteiger partial charge in [0.05, 0.1) is 0 Å². The van der Waals surface area contributed by atoms with Gasteiger partial charge in [-0.2, -0.15) is 0 Å². The standard InChI is InChI=1S/C25H34/c1-4-6-7-13-19-25(21-15-9-8-10-16-21)23(14-5-2)20(3)22-17-11-12-18-24(22)25/h4-7,13-14,19,21-22,24H,1-3,8-12,15-18H2/b7-6-,19-13+,23-14+. The van der Waals surface area contributed by atoms with Crippen molar-refractivity contribution in [1.82, 2.24) is 0 Å². The molecule has 3 unspecified atom stereocenters. The molecule has 3 aliphatic rings. The van der Waals surface area contributed by atoms with Gasteiger partial charge in [-0.25, -0.2) is 0 Å². The van der Waals surface area contributed by atoms with E-state index in [4.69, 9.17) is 0 Å². The zero-order chi connectivity index (χ0) is 17.7. The number of fused-ring (bicyclic) bond motifs is 1. The van der Waals surface area contributed by atoms with Crippen LogP contribution >= 0.6 is 0 Å². The Morgan fingerprint density at radius 2 is 1.52 bits per heavy atom. The molecule has 3 aliphatic carbocycles. The first-order valence-corrected chi connectivity index (χ1v) is 10.2. The van der Waals surface area contributed by atoms with E-state index in [1.165, 1.54) is 68.9 Å². The van der Waals surface area contributed by atoms with Crippen molar-refractivity contribution in [3.8, 4) is 0 Å². The highest BCUT2D eigenvalue weighted by Crippen LogP contribution is 2.64. The maximum atomic E-state index is 4.59. The minimum Gasteiger partial charge on any atom is -0.0991 e. The first-order chi connectivity index (χ1) is 12.3. The van der Waals surface area contributed by atoms with Crippen molar-refractivity contribution in [2.24, 2.45) is 23.2 Å². The Hall–Kier alpha value is -1.56. The summed E-state index contributed by atoms with van der Waals surface area (Å²) in [6, 6.07) is 0. The average Bonchev–Trinajstić information content (AvgIpc) is 2.90. The minimum absolute atomic E-state index is 0.169. The molecule has 0 aromatic carbocycles. The van der Waals surface area contributed by atoms with E-state index >= 15 is 0 Å². The molecule has 3 atom stereocenters. The van der Waals surface area contributed by atoms with Crippen LogP contribution in [0.2, 0.25) is 0 Å². The van der Waals surface area contributed by atoms with Gasteiger partial charge in [0.25, 0.3) is 0 Å². The van der Waals surface area contributed by atoms with E-state index in [1.807, 2.05) is 18.2 Å². The fourth-order valence-electron chi connectivity index (χ4n) is 5.98. The van der Waals surface area contributed by atoms with E-state index in [1.54, 1.807) is 0 Å². The van der Waals surface area contributed by atoms with E-state index < -0.39 is 0 Å². The second-order valence-corrected chi connectivity index (χ2v) is 8.09. The van der Waals surface area contributed by atoms with Gasteiger partial charge in [0, 0.05) is 5.41 Å². The van der Waals surface area contributed by atoms with Gasteiger partial charge in [-0.3, -0.25) is 0 Å². The molecule has 25 heavy (non-hydrogen) atoms. The zero-order valence-corrected chi connectivity index (χ0v) is 15.8. The average molecular weight is 335 g/mol. The third-order valence-corrected chi connectivity index (χ3v) is 6.94. The molecule has 0 spiro atoms. The number of rotatable bonds is 5. The van der Waals surface area contributed by atoms with E-state index in [2.05, 4.69) is 44.0 Å². The summed E-state index contributed by atoms with van der Waals surface area (Å²) in [7, 11) is 0. The van der Waals surface area contributed by atoms with Crippen LogP contribution in [0.3, 0.4) is 0 Å². The van der Waals surface area contributed by atoms with E-state index in [-0.39, 0.29) is 5.41 Å². The van der Waals surface area contributed by atoms with Crippen molar-refractivity contribution in [1.29, 1.82) is 0 Å². The molecule has 0 nitrogen and oxygen atoms in total. The summed E-state index contributed by atoms with van der Waals surface area (Å²) in [6.45, 7) is 12.4. The Morgan fingerprint density at radius 1 is 0.800 bits per heavy atom. The van der Waals surface area contributed by atoms with Crippen LogP contribution in [-0.2, 0) is 0 Å². The largest absolute Gasteiger partial charge is 0.0991 e. The third-order valence-electron chi connectivity index (χ3n) is 6.94. The predicted octanol–water partition coefficient (Wildman–Crippen LogP) is 7.34.